The van der Waals surface area contributed by atoms with Crippen molar-refractivity contribution in [2.45, 2.75) is 7.04 Å². The van der Waals surface area contributed by atoms with Crippen molar-refractivity contribution in [2.24, 2.45) is 0 Å². The molecule has 18 heavy (non-hydrogen) atoms. The number of para-hydroxylation sites is 1. The molecule has 0 saturated heterocycles. The van der Waals surface area contributed by atoms with Crippen molar-refractivity contribution in [3.63, 3.8) is 0 Å². The van der Waals surface area contributed by atoms with E-state index in [1.807, 2.05) is 0 Å². The van der Waals surface area contributed by atoms with Gasteiger partial charge in [0.25, 0.3) is 10.1 Å². The molecule has 0 amide bonds. The Morgan fingerprint density at radius 1 is 1.17 bits per heavy atom. The number of benzene rings is 1. The van der Waals surface area contributed by atoms with E-state index in [0.717, 1.165) is 0 Å². The maximum Gasteiger partial charge on any atom is 0.296 e. The quantitative estimate of drug-likeness (QED) is 0.520. The smallest absolute Gasteiger partial charge is 0.282 e. The molecular weight excluding hydrogens is 454 g/mol. The Morgan fingerprint density at radius 2 is 1.78 bits per heavy atom. The van der Waals surface area contributed by atoms with E-state index >= 15 is 0 Å². The molecule has 0 aliphatic carbocycles. The predicted molar refractivity (Wildman–Crippen MR) is 80.0 cm³/mol. The van der Waals surface area contributed by atoms with E-state index in [1.165, 1.54) is 6.07 Å². The number of nitrogens with zero attached hydrogens (tertiary/aromatic N) is 1. The van der Waals surface area contributed by atoms with Gasteiger partial charge >= 0.3 is 0 Å². The lowest BCUT2D eigenvalue weighted by Crippen LogP contribution is -2.11. The van der Waals surface area contributed by atoms with Crippen LogP contribution in [0.2, 0.25) is 0 Å². The number of alkyl halides is 3. The summed E-state index contributed by atoms with van der Waals surface area (Å²) in [4.78, 5) is 3.98. The van der Waals surface area contributed by atoms with Gasteiger partial charge in [0.05, 0.1) is 5.52 Å². The number of pyridine rings is 1. The van der Waals surface area contributed by atoms with Crippen LogP contribution in [-0.4, -0.2) is 18.0 Å². The van der Waals surface area contributed by atoms with E-state index in [4.69, 9.17) is 0 Å². The molecule has 0 aliphatic rings. The summed E-state index contributed by atoms with van der Waals surface area (Å²) in [5.41, 5.74) is 0.756. The van der Waals surface area contributed by atoms with Crippen LogP contribution in [0.1, 0.15) is 5.69 Å². The zero-order valence-electron chi connectivity index (χ0n) is 8.64. The first-order valence-corrected chi connectivity index (χ1v) is 8.46. The van der Waals surface area contributed by atoms with Gasteiger partial charge < -0.3 is 0 Å². The molecule has 0 radical (unpaired) electrons. The first-order valence-electron chi connectivity index (χ1n) is 4.64. The minimum atomic E-state index is -4.36. The zero-order valence-corrected chi connectivity index (χ0v) is 14.2. The molecule has 0 spiro atoms. The van der Waals surface area contributed by atoms with Crippen LogP contribution < -0.4 is 0 Å². The highest BCUT2D eigenvalue weighted by molar-refractivity contribution is 9.38. The van der Waals surface area contributed by atoms with E-state index < -0.39 is 12.3 Å². The Balaban J connectivity index is 2.90. The maximum absolute atomic E-state index is 11.4. The Hall–Kier alpha value is -0.0200. The highest BCUT2D eigenvalue weighted by Crippen LogP contribution is 2.46. The Kier molecular flexibility index (Phi) is 3.86. The van der Waals surface area contributed by atoms with Crippen LogP contribution in [0.4, 0.5) is 0 Å². The summed E-state index contributed by atoms with van der Waals surface area (Å²) < 4.78 is 31.0. The van der Waals surface area contributed by atoms with E-state index in [9.17, 15) is 13.0 Å². The molecule has 1 heterocycles. The molecule has 2 rings (SSSR count). The number of hydrogen-bond acceptors (Lipinski definition) is 3. The molecule has 0 fully saturated rings. The fraction of sp³-hybridized carbons (Fsp3) is 0.100. The van der Waals surface area contributed by atoms with Crippen molar-refractivity contribution in [1.29, 1.82) is 0 Å². The average molecular weight is 460 g/mol. The average Bonchev–Trinajstić information content (AvgIpc) is 2.25. The van der Waals surface area contributed by atoms with Gasteiger partial charge in [-0.2, -0.15) is 8.42 Å². The van der Waals surface area contributed by atoms with E-state index in [0.29, 0.717) is 10.9 Å². The van der Waals surface area contributed by atoms with Gasteiger partial charge in [-0.1, -0.05) is 66.0 Å². The highest BCUT2D eigenvalue weighted by atomic mass is 80.0. The van der Waals surface area contributed by atoms with Crippen LogP contribution in [0, 0.1) is 0 Å². The van der Waals surface area contributed by atoms with Gasteiger partial charge in [-0.3, -0.25) is 4.55 Å². The number of rotatable bonds is 1. The van der Waals surface area contributed by atoms with Crippen molar-refractivity contribution in [2.75, 3.05) is 0 Å². The molecule has 0 atom stereocenters. The van der Waals surface area contributed by atoms with Gasteiger partial charge in [-0.15, -0.1) is 0 Å². The van der Waals surface area contributed by atoms with E-state index in [2.05, 4.69) is 52.8 Å². The Morgan fingerprint density at radius 3 is 2.33 bits per heavy atom. The largest absolute Gasteiger partial charge is 0.296 e. The molecule has 1 N–H and O–H groups in total. The third kappa shape index (κ3) is 2.93. The lowest BCUT2D eigenvalue weighted by Gasteiger charge is -2.15. The summed E-state index contributed by atoms with van der Waals surface area (Å²) in [7, 11) is -4.36. The number of halogens is 3. The van der Waals surface area contributed by atoms with Crippen molar-refractivity contribution in [3.05, 3.63) is 36.0 Å². The topological polar surface area (TPSA) is 67.3 Å². The first-order chi connectivity index (χ1) is 8.19. The molecule has 8 heteroatoms. The van der Waals surface area contributed by atoms with E-state index in [-0.39, 0.29) is 10.6 Å². The number of fused-ring (bicyclic) bond motifs is 1. The summed E-state index contributed by atoms with van der Waals surface area (Å²) in [5, 5.41) is 0.630. The molecule has 2 aromatic rings. The van der Waals surface area contributed by atoms with Crippen LogP contribution in [0.15, 0.2) is 35.2 Å². The van der Waals surface area contributed by atoms with Gasteiger partial charge in [0.15, 0.2) is 2.14 Å². The zero-order chi connectivity index (χ0) is 13.6. The molecule has 96 valence electrons. The summed E-state index contributed by atoms with van der Waals surface area (Å²) in [6.45, 7) is 0. The van der Waals surface area contributed by atoms with Crippen molar-refractivity contribution in [1.82, 2.24) is 4.98 Å². The lowest BCUT2D eigenvalue weighted by atomic mass is 10.2. The molecule has 0 bridgehead atoms. The second-order valence-corrected chi connectivity index (χ2v) is 11.7. The fourth-order valence-corrected chi connectivity index (χ4v) is 3.52. The monoisotopic (exact) mass is 457 g/mol. The molecule has 1 aromatic heterocycles. The highest BCUT2D eigenvalue weighted by Gasteiger charge is 2.31. The summed E-state index contributed by atoms with van der Waals surface area (Å²) in [5.74, 6) is 0. The van der Waals surface area contributed by atoms with Crippen molar-refractivity contribution >= 4 is 68.8 Å². The summed E-state index contributed by atoms with van der Waals surface area (Å²) >= 11 is 9.63. The number of aromatic nitrogens is 1. The maximum atomic E-state index is 11.4. The third-order valence-electron chi connectivity index (χ3n) is 2.24. The number of hydrogen-bond donors (Lipinski definition) is 1. The Labute approximate surface area is 129 Å². The fourth-order valence-electron chi connectivity index (χ4n) is 1.50. The van der Waals surface area contributed by atoms with Crippen LogP contribution >= 0.6 is 47.8 Å². The SMILES string of the molecule is O=S(=O)(O)c1cc2ccccc2nc1C(Br)(Br)Br. The molecule has 4 nitrogen and oxygen atoms in total. The van der Waals surface area contributed by atoms with Crippen LogP contribution in [0.5, 0.6) is 0 Å². The molecule has 0 aliphatic heterocycles. The molecule has 0 saturated carbocycles. The second-order valence-electron chi connectivity index (χ2n) is 3.50. The Bertz CT molecular complexity index is 710. The standard InChI is InChI=1S/C10H6Br3NO3S/c11-10(12,13)9-8(18(15,16)17)5-6-3-1-2-4-7(6)14-9/h1-5H,(H,15,16,17). The minimum Gasteiger partial charge on any atom is -0.282 e. The van der Waals surface area contributed by atoms with Gasteiger partial charge in [0.2, 0.25) is 0 Å². The van der Waals surface area contributed by atoms with E-state index in [1.54, 1.807) is 24.3 Å². The summed E-state index contributed by atoms with van der Waals surface area (Å²) in [6, 6.07) is 8.42. The minimum absolute atomic E-state index is 0.128. The normalized spacial score (nSPS) is 12.9. The lowest BCUT2D eigenvalue weighted by molar-refractivity contribution is 0.482. The van der Waals surface area contributed by atoms with Gasteiger partial charge in [-0.05, 0) is 12.1 Å². The van der Waals surface area contributed by atoms with Crippen molar-refractivity contribution in [3.8, 4) is 0 Å². The van der Waals surface area contributed by atoms with Gasteiger partial charge in [0.1, 0.15) is 10.6 Å². The second kappa shape index (κ2) is 4.82. The third-order valence-corrected chi connectivity index (χ3v) is 4.23. The molecule has 1 aromatic carbocycles. The van der Waals surface area contributed by atoms with Crippen LogP contribution in [0.25, 0.3) is 10.9 Å². The van der Waals surface area contributed by atoms with Gasteiger partial charge in [-0.25, -0.2) is 4.98 Å². The van der Waals surface area contributed by atoms with Gasteiger partial charge in [0, 0.05) is 5.39 Å². The van der Waals surface area contributed by atoms with Crippen LogP contribution in [-0.2, 0) is 12.3 Å². The molecule has 0 unspecified atom stereocenters. The predicted octanol–water partition coefficient (Wildman–Crippen LogP) is 3.78. The van der Waals surface area contributed by atoms with Crippen molar-refractivity contribution < 1.29 is 13.0 Å². The summed E-state index contributed by atoms with van der Waals surface area (Å²) in [6.07, 6.45) is 0. The first kappa shape index (κ1) is 14.4. The van der Waals surface area contributed by atoms with Crippen LogP contribution in [0.3, 0.4) is 0 Å². The molecular formula is C10H6Br3NO3S.